The van der Waals surface area contributed by atoms with Gasteiger partial charge in [0, 0.05) is 50.7 Å². The normalized spacial score (nSPS) is 18.7. The summed E-state index contributed by atoms with van der Waals surface area (Å²) in [5.74, 6) is 1.66. The van der Waals surface area contributed by atoms with Crippen molar-refractivity contribution in [3.63, 3.8) is 0 Å². The van der Waals surface area contributed by atoms with Gasteiger partial charge >= 0.3 is 0 Å². The van der Waals surface area contributed by atoms with Gasteiger partial charge in [-0.2, -0.15) is 0 Å². The lowest BCUT2D eigenvalue weighted by Crippen LogP contribution is -2.51. The van der Waals surface area contributed by atoms with E-state index in [1.165, 1.54) is 0 Å². The van der Waals surface area contributed by atoms with Crippen molar-refractivity contribution in [1.29, 1.82) is 0 Å². The van der Waals surface area contributed by atoms with E-state index in [0.717, 1.165) is 17.0 Å². The molecule has 2 fully saturated rings. The van der Waals surface area contributed by atoms with Gasteiger partial charge in [0.15, 0.2) is 11.5 Å². The van der Waals surface area contributed by atoms with Gasteiger partial charge in [-0.05, 0) is 42.0 Å². The molecule has 0 unspecified atom stereocenters. The highest BCUT2D eigenvalue weighted by Gasteiger charge is 2.43. The van der Waals surface area contributed by atoms with Crippen LogP contribution in [-0.2, 0) is 4.79 Å². The summed E-state index contributed by atoms with van der Waals surface area (Å²) in [6.07, 6.45) is 0. The molecular formula is C32H37N3O6. The Balaban J connectivity index is 1.41. The van der Waals surface area contributed by atoms with E-state index in [-0.39, 0.29) is 17.7 Å². The molecular weight excluding hydrogens is 522 g/mol. The molecule has 0 aliphatic carbocycles. The zero-order valence-corrected chi connectivity index (χ0v) is 24.0. The average Bonchev–Trinajstić information content (AvgIpc) is 3.49. The molecule has 9 heteroatoms. The zero-order chi connectivity index (χ0) is 28.9. The number of ether oxygens (including phenoxy) is 4. The predicted molar refractivity (Wildman–Crippen MR) is 156 cm³/mol. The standard InChI is InChI=1S/C32H37N3O6/c1-38-27-13-9-8-12-26(27)33-14-16-34(17-15-33)32(37)25-21-35(31(36)22-10-6-5-7-11-22)20-24(25)23-18-28(39-2)30(41-4)29(19-23)40-3/h5-13,18-19,24-25H,14-17,20-21H2,1-4H3/t24-,25+/m1/s1. The number of methoxy groups -OCH3 is 4. The number of amides is 2. The van der Waals surface area contributed by atoms with Gasteiger partial charge in [-0.15, -0.1) is 0 Å². The summed E-state index contributed by atoms with van der Waals surface area (Å²) in [4.78, 5) is 33.6. The van der Waals surface area contributed by atoms with Gasteiger partial charge in [0.25, 0.3) is 5.91 Å². The third-order valence-corrected chi connectivity index (χ3v) is 8.08. The minimum atomic E-state index is -0.414. The van der Waals surface area contributed by atoms with Gasteiger partial charge in [0.1, 0.15) is 5.75 Å². The largest absolute Gasteiger partial charge is 0.495 e. The van der Waals surface area contributed by atoms with E-state index >= 15 is 0 Å². The molecule has 5 rings (SSSR count). The number of hydrogen-bond donors (Lipinski definition) is 0. The quantitative estimate of drug-likeness (QED) is 0.414. The third kappa shape index (κ3) is 5.62. The van der Waals surface area contributed by atoms with Crippen molar-refractivity contribution in [2.24, 2.45) is 5.92 Å². The molecule has 2 aliphatic heterocycles. The molecule has 2 atom stereocenters. The fourth-order valence-corrected chi connectivity index (χ4v) is 5.93. The Morgan fingerprint density at radius 2 is 1.29 bits per heavy atom. The first kappa shape index (κ1) is 28.1. The SMILES string of the molecule is COc1ccccc1N1CCN(C(=O)[C@H]2CN(C(=O)c3ccccc3)C[C@@H]2c2cc(OC)c(OC)c(OC)c2)CC1. The third-order valence-electron chi connectivity index (χ3n) is 8.08. The fraction of sp³-hybridized carbons (Fsp3) is 0.375. The van der Waals surface area contributed by atoms with Crippen LogP contribution in [-0.4, -0.2) is 89.3 Å². The van der Waals surface area contributed by atoms with Crippen molar-refractivity contribution in [1.82, 2.24) is 9.80 Å². The lowest BCUT2D eigenvalue weighted by atomic mass is 9.87. The molecule has 3 aromatic carbocycles. The van der Waals surface area contributed by atoms with Crippen LogP contribution in [0.15, 0.2) is 66.7 Å². The molecule has 41 heavy (non-hydrogen) atoms. The van der Waals surface area contributed by atoms with Gasteiger partial charge in [0.2, 0.25) is 11.7 Å². The van der Waals surface area contributed by atoms with Crippen LogP contribution in [0.25, 0.3) is 0 Å². The molecule has 0 N–H and O–H groups in total. The van der Waals surface area contributed by atoms with Crippen molar-refractivity contribution in [2.75, 3.05) is 72.6 Å². The Morgan fingerprint density at radius 3 is 1.90 bits per heavy atom. The number of hydrogen-bond acceptors (Lipinski definition) is 7. The van der Waals surface area contributed by atoms with Crippen LogP contribution in [0, 0.1) is 5.92 Å². The molecule has 2 saturated heterocycles. The first-order valence-electron chi connectivity index (χ1n) is 13.8. The summed E-state index contributed by atoms with van der Waals surface area (Å²) < 4.78 is 22.3. The molecule has 9 nitrogen and oxygen atoms in total. The highest BCUT2D eigenvalue weighted by Crippen LogP contribution is 2.44. The van der Waals surface area contributed by atoms with Crippen LogP contribution < -0.4 is 23.8 Å². The van der Waals surface area contributed by atoms with Gasteiger partial charge < -0.3 is 33.6 Å². The number of para-hydroxylation sites is 2. The van der Waals surface area contributed by atoms with Gasteiger partial charge in [0.05, 0.1) is 40.0 Å². The van der Waals surface area contributed by atoms with Gasteiger partial charge in [-0.3, -0.25) is 9.59 Å². The molecule has 2 amide bonds. The lowest BCUT2D eigenvalue weighted by molar-refractivity contribution is -0.135. The number of likely N-dealkylation sites (tertiary alicyclic amines) is 1. The Hall–Kier alpha value is -4.40. The molecule has 0 spiro atoms. The minimum Gasteiger partial charge on any atom is -0.495 e. The number of carbonyl (C=O) groups excluding carboxylic acids is 2. The second-order valence-electron chi connectivity index (χ2n) is 10.2. The second kappa shape index (κ2) is 12.4. The molecule has 2 aliphatic rings. The van der Waals surface area contributed by atoms with Crippen LogP contribution in [0.3, 0.4) is 0 Å². The molecule has 0 aromatic heterocycles. The Morgan fingerprint density at radius 1 is 0.683 bits per heavy atom. The summed E-state index contributed by atoms with van der Waals surface area (Å²) in [7, 11) is 6.38. The molecule has 0 bridgehead atoms. The van der Waals surface area contributed by atoms with Crippen LogP contribution in [0.5, 0.6) is 23.0 Å². The van der Waals surface area contributed by atoms with Crippen LogP contribution in [0.1, 0.15) is 21.8 Å². The van der Waals surface area contributed by atoms with Crippen LogP contribution in [0.4, 0.5) is 5.69 Å². The number of carbonyl (C=O) groups is 2. The summed E-state index contributed by atoms with van der Waals surface area (Å²) in [6.45, 7) is 3.30. The van der Waals surface area contributed by atoms with E-state index in [2.05, 4.69) is 4.90 Å². The summed E-state index contributed by atoms with van der Waals surface area (Å²) >= 11 is 0. The summed E-state index contributed by atoms with van der Waals surface area (Å²) in [6, 6.07) is 20.9. The van der Waals surface area contributed by atoms with Crippen molar-refractivity contribution in [3.8, 4) is 23.0 Å². The van der Waals surface area contributed by atoms with E-state index in [1.807, 2.05) is 71.6 Å². The van der Waals surface area contributed by atoms with Crippen molar-refractivity contribution in [3.05, 3.63) is 77.9 Å². The Labute approximate surface area is 241 Å². The minimum absolute atomic E-state index is 0.0480. The van der Waals surface area contributed by atoms with Crippen LogP contribution in [0.2, 0.25) is 0 Å². The van der Waals surface area contributed by atoms with E-state index in [1.54, 1.807) is 33.3 Å². The van der Waals surface area contributed by atoms with E-state index in [9.17, 15) is 9.59 Å². The number of benzene rings is 3. The van der Waals surface area contributed by atoms with Crippen molar-refractivity contribution >= 4 is 17.5 Å². The number of rotatable bonds is 8. The number of nitrogens with zero attached hydrogens (tertiary/aromatic N) is 3. The van der Waals surface area contributed by atoms with Gasteiger partial charge in [-0.1, -0.05) is 30.3 Å². The first-order chi connectivity index (χ1) is 20.0. The molecule has 0 saturated carbocycles. The maximum atomic E-state index is 14.1. The molecule has 3 aromatic rings. The van der Waals surface area contributed by atoms with Crippen LogP contribution >= 0.6 is 0 Å². The highest BCUT2D eigenvalue weighted by molar-refractivity contribution is 5.95. The lowest BCUT2D eigenvalue weighted by Gasteiger charge is -2.38. The highest BCUT2D eigenvalue weighted by atomic mass is 16.5. The fourth-order valence-electron chi connectivity index (χ4n) is 5.93. The average molecular weight is 560 g/mol. The summed E-state index contributed by atoms with van der Waals surface area (Å²) in [5.41, 5.74) is 2.50. The van der Waals surface area contributed by atoms with Crippen molar-refractivity contribution in [2.45, 2.75) is 5.92 Å². The van der Waals surface area contributed by atoms with E-state index in [0.29, 0.717) is 62.1 Å². The monoisotopic (exact) mass is 559 g/mol. The first-order valence-corrected chi connectivity index (χ1v) is 13.8. The number of piperazine rings is 1. The molecule has 0 radical (unpaired) electrons. The zero-order valence-electron chi connectivity index (χ0n) is 24.0. The van der Waals surface area contributed by atoms with E-state index in [4.69, 9.17) is 18.9 Å². The van der Waals surface area contributed by atoms with Gasteiger partial charge in [-0.25, -0.2) is 0 Å². The Kier molecular flexibility index (Phi) is 8.52. The van der Waals surface area contributed by atoms with Crippen molar-refractivity contribution < 1.29 is 28.5 Å². The Bertz CT molecular complexity index is 1350. The number of anilines is 1. The maximum absolute atomic E-state index is 14.1. The predicted octanol–water partition coefficient (Wildman–Crippen LogP) is 3.93. The smallest absolute Gasteiger partial charge is 0.253 e. The topological polar surface area (TPSA) is 80.8 Å². The van der Waals surface area contributed by atoms with E-state index < -0.39 is 5.92 Å². The second-order valence-corrected chi connectivity index (χ2v) is 10.2. The summed E-state index contributed by atoms with van der Waals surface area (Å²) in [5, 5.41) is 0. The molecule has 2 heterocycles. The maximum Gasteiger partial charge on any atom is 0.253 e. The molecule has 216 valence electrons.